The fourth-order valence-corrected chi connectivity index (χ4v) is 1.88. The maximum absolute atomic E-state index is 5.70. The Bertz CT molecular complexity index is 245. The van der Waals surface area contributed by atoms with E-state index in [2.05, 4.69) is 41.1 Å². The molecular weight excluding hydrogens is 223 g/mol. The van der Waals surface area contributed by atoms with Gasteiger partial charge >= 0.3 is 0 Å². The van der Waals surface area contributed by atoms with E-state index in [-0.39, 0.29) is 0 Å². The summed E-state index contributed by atoms with van der Waals surface area (Å²) in [5.41, 5.74) is 2.50. The monoisotopic (exact) mass is 232 g/mol. The number of alkyl halides is 1. The molecule has 0 nitrogen and oxygen atoms in total. The molecule has 0 heterocycles. The highest BCUT2D eigenvalue weighted by Gasteiger charge is 1.97. The molecule has 0 aliphatic heterocycles. The zero-order valence-corrected chi connectivity index (χ0v) is 8.74. The topological polar surface area (TPSA) is 0 Å². The third-order valence-corrected chi connectivity index (χ3v) is 2.70. The first-order chi connectivity index (χ1) is 5.27. The van der Waals surface area contributed by atoms with Crippen LogP contribution in [0.4, 0.5) is 0 Å². The van der Waals surface area contributed by atoms with Gasteiger partial charge in [-0.25, -0.2) is 0 Å². The van der Waals surface area contributed by atoms with Gasteiger partial charge in [0.2, 0.25) is 0 Å². The highest BCUT2D eigenvalue weighted by atomic mass is 79.9. The molecule has 0 bridgehead atoms. The number of benzene rings is 1. The molecular formula is C9H10BrCl. The summed E-state index contributed by atoms with van der Waals surface area (Å²) in [4.78, 5) is 0. The number of rotatable bonds is 2. The van der Waals surface area contributed by atoms with Gasteiger partial charge in [0.1, 0.15) is 0 Å². The van der Waals surface area contributed by atoms with Gasteiger partial charge in [0.05, 0.1) is 0 Å². The molecule has 0 spiro atoms. The Labute approximate surface area is 80.7 Å². The van der Waals surface area contributed by atoms with Gasteiger partial charge in [-0.1, -0.05) is 35.0 Å². The molecule has 0 aliphatic carbocycles. The highest BCUT2D eigenvalue weighted by molar-refractivity contribution is 9.10. The van der Waals surface area contributed by atoms with Crippen molar-refractivity contribution in [2.45, 2.75) is 19.2 Å². The van der Waals surface area contributed by atoms with E-state index in [1.807, 2.05) is 0 Å². The van der Waals surface area contributed by atoms with Crippen LogP contribution in [0.15, 0.2) is 22.7 Å². The molecule has 1 aromatic carbocycles. The third-order valence-electron chi connectivity index (χ3n) is 1.67. The van der Waals surface area contributed by atoms with Gasteiger partial charge in [-0.2, -0.15) is 0 Å². The van der Waals surface area contributed by atoms with Crippen LogP contribution in [-0.4, -0.2) is 0 Å². The fourth-order valence-electron chi connectivity index (χ4n) is 0.919. The van der Waals surface area contributed by atoms with Crippen molar-refractivity contribution < 1.29 is 0 Å². The number of halogens is 2. The standard InChI is InChI=1S/C9H10BrCl/c1-2-7-3-4-8(6-11)9(10)5-7/h3-5H,2,6H2,1H3. The van der Waals surface area contributed by atoms with Gasteiger partial charge < -0.3 is 0 Å². The normalized spacial score (nSPS) is 10.1. The average molecular weight is 234 g/mol. The van der Waals surface area contributed by atoms with Crippen LogP contribution in [0.1, 0.15) is 18.1 Å². The van der Waals surface area contributed by atoms with E-state index < -0.39 is 0 Å². The van der Waals surface area contributed by atoms with Crippen LogP contribution in [0.5, 0.6) is 0 Å². The van der Waals surface area contributed by atoms with Crippen molar-refractivity contribution in [3.63, 3.8) is 0 Å². The first-order valence-corrected chi connectivity index (χ1v) is 4.94. The van der Waals surface area contributed by atoms with Crippen LogP contribution < -0.4 is 0 Å². The van der Waals surface area contributed by atoms with E-state index in [0.29, 0.717) is 5.88 Å². The minimum Gasteiger partial charge on any atom is -0.122 e. The average Bonchev–Trinajstić information content (AvgIpc) is 2.04. The summed E-state index contributed by atoms with van der Waals surface area (Å²) in [6.07, 6.45) is 1.07. The minimum atomic E-state index is 0.574. The molecule has 0 saturated carbocycles. The van der Waals surface area contributed by atoms with Crippen molar-refractivity contribution in [3.05, 3.63) is 33.8 Å². The summed E-state index contributed by atoms with van der Waals surface area (Å²) in [5, 5.41) is 0. The molecule has 0 aliphatic rings. The van der Waals surface area contributed by atoms with Crippen molar-refractivity contribution in [3.8, 4) is 0 Å². The summed E-state index contributed by atoms with van der Waals surface area (Å²) < 4.78 is 1.12. The summed E-state index contributed by atoms with van der Waals surface area (Å²) >= 11 is 9.16. The molecule has 0 atom stereocenters. The van der Waals surface area contributed by atoms with E-state index in [9.17, 15) is 0 Å². The van der Waals surface area contributed by atoms with Crippen LogP contribution in [0.25, 0.3) is 0 Å². The Hall–Kier alpha value is -0.0100. The first-order valence-electron chi connectivity index (χ1n) is 3.61. The lowest BCUT2D eigenvalue weighted by Crippen LogP contribution is -1.84. The Balaban J connectivity index is 2.99. The van der Waals surface area contributed by atoms with Gasteiger partial charge in [-0.15, -0.1) is 11.6 Å². The number of aryl methyl sites for hydroxylation is 1. The summed E-state index contributed by atoms with van der Waals surface area (Å²) in [6, 6.07) is 6.30. The zero-order chi connectivity index (χ0) is 8.27. The number of hydrogen-bond donors (Lipinski definition) is 0. The highest BCUT2D eigenvalue weighted by Crippen LogP contribution is 2.20. The second kappa shape index (κ2) is 4.13. The Morgan fingerprint density at radius 2 is 2.18 bits per heavy atom. The summed E-state index contributed by atoms with van der Waals surface area (Å²) in [6.45, 7) is 2.14. The smallest absolute Gasteiger partial charge is 0.0485 e. The first kappa shape index (κ1) is 9.08. The maximum Gasteiger partial charge on any atom is 0.0485 e. The molecule has 0 fully saturated rings. The van der Waals surface area contributed by atoms with E-state index in [0.717, 1.165) is 16.5 Å². The lowest BCUT2D eigenvalue weighted by atomic mass is 10.1. The summed E-state index contributed by atoms with van der Waals surface area (Å²) in [5.74, 6) is 0.574. The van der Waals surface area contributed by atoms with Crippen LogP contribution >= 0.6 is 27.5 Å². The lowest BCUT2D eigenvalue weighted by molar-refractivity contribution is 1.13. The molecule has 0 amide bonds. The maximum atomic E-state index is 5.70. The van der Waals surface area contributed by atoms with Crippen LogP contribution in [0.2, 0.25) is 0 Å². The van der Waals surface area contributed by atoms with Crippen molar-refractivity contribution in [1.29, 1.82) is 0 Å². The van der Waals surface area contributed by atoms with Crippen LogP contribution in [-0.2, 0) is 12.3 Å². The zero-order valence-electron chi connectivity index (χ0n) is 6.40. The molecule has 0 radical (unpaired) electrons. The fraction of sp³-hybridized carbons (Fsp3) is 0.333. The van der Waals surface area contributed by atoms with Gasteiger partial charge in [-0.05, 0) is 23.6 Å². The van der Waals surface area contributed by atoms with Crippen molar-refractivity contribution in [2.75, 3.05) is 0 Å². The van der Waals surface area contributed by atoms with Crippen LogP contribution in [0.3, 0.4) is 0 Å². The molecule has 1 rings (SSSR count). The summed E-state index contributed by atoms with van der Waals surface area (Å²) in [7, 11) is 0. The largest absolute Gasteiger partial charge is 0.122 e. The van der Waals surface area contributed by atoms with Crippen molar-refractivity contribution in [1.82, 2.24) is 0 Å². The Morgan fingerprint density at radius 3 is 2.64 bits per heavy atom. The van der Waals surface area contributed by atoms with Gasteiger partial charge in [0.25, 0.3) is 0 Å². The van der Waals surface area contributed by atoms with Gasteiger partial charge in [-0.3, -0.25) is 0 Å². The second-order valence-corrected chi connectivity index (χ2v) is 3.53. The van der Waals surface area contributed by atoms with Gasteiger partial charge in [0, 0.05) is 10.4 Å². The van der Waals surface area contributed by atoms with Crippen LogP contribution in [0, 0.1) is 0 Å². The van der Waals surface area contributed by atoms with E-state index in [4.69, 9.17) is 11.6 Å². The SMILES string of the molecule is CCc1ccc(CCl)c(Br)c1. The Kier molecular flexibility index (Phi) is 3.41. The molecule has 0 saturated heterocycles. The Morgan fingerprint density at radius 1 is 1.45 bits per heavy atom. The second-order valence-electron chi connectivity index (χ2n) is 2.41. The molecule has 0 unspecified atom stereocenters. The lowest BCUT2D eigenvalue weighted by Gasteiger charge is -2.01. The number of hydrogen-bond acceptors (Lipinski definition) is 0. The molecule has 0 aromatic heterocycles. The third kappa shape index (κ3) is 2.21. The predicted octanol–water partition coefficient (Wildman–Crippen LogP) is 3.75. The molecule has 60 valence electrons. The predicted molar refractivity (Wildman–Crippen MR) is 53.1 cm³/mol. The quantitative estimate of drug-likeness (QED) is 0.683. The van der Waals surface area contributed by atoms with Gasteiger partial charge in [0.15, 0.2) is 0 Å². The van der Waals surface area contributed by atoms with E-state index >= 15 is 0 Å². The molecule has 11 heavy (non-hydrogen) atoms. The van der Waals surface area contributed by atoms with E-state index in [1.54, 1.807) is 0 Å². The molecule has 1 aromatic rings. The van der Waals surface area contributed by atoms with Crippen molar-refractivity contribution >= 4 is 27.5 Å². The minimum absolute atomic E-state index is 0.574. The van der Waals surface area contributed by atoms with E-state index in [1.165, 1.54) is 5.56 Å². The van der Waals surface area contributed by atoms with Crippen molar-refractivity contribution in [2.24, 2.45) is 0 Å². The molecule has 2 heteroatoms. The molecule has 0 N–H and O–H groups in total.